The second-order valence-electron chi connectivity index (χ2n) is 6.27. The molecule has 0 radical (unpaired) electrons. The van der Waals surface area contributed by atoms with Crippen LogP contribution in [0.15, 0.2) is 12.2 Å². The fourth-order valence-electron chi connectivity index (χ4n) is 3.67. The Morgan fingerprint density at radius 3 is 2.60 bits per heavy atom. The number of hydrogen-bond acceptors (Lipinski definition) is 3. The zero-order valence-electron chi connectivity index (χ0n) is 13.5. The van der Waals surface area contributed by atoms with Crippen LogP contribution >= 0.6 is 0 Å². The van der Waals surface area contributed by atoms with Crippen molar-refractivity contribution in [2.24, 2.45) is 5.92 Å². The molecule has 0 aromatic rings. The van der Waals surface area contributed by atoms with Gasteiger partial charge in [-0.2, -0.15) is 0 Å². The van der Waals surface area contributed by atoms with Crippen molar-refractivity contribution in [1.29, 1.82) is 0 Å². The van der Waals surface area contributed by atoms with Crippen LogP contribution < -0.4 is 0 Å². The van der Waals surface area contributed by atoms with E-state index < -0.39 is 11.2 Å². The first kappa shape index (κ1) is 17.2. The molecule has 2 aliphatic rings. The number of esters is 1. The third kappa shape index (κ3) is 3.85. The van der Waals surface area contributed by atoms with E-state index in [0.29, 0.717) is 17.9 Å². The molecular weight excluding hydrogens is 252 g/mol. The first-order valence-corrected chi connectivity index (χ1v) is 7.99. The van der Waals surface area contributed by atoms with Gasteiger partial charge in [0.1, 0.15) is 5.60 Å². The molecule has 2 fully saturated rings. The number of carbonyl (C=O) groups excluding carboxylic acids is 1. The SMILES string of the molecule is C=C(C)C(=O)OC12CCCC(CC(O)(CC)C1)C2.CC. The smallest absolute Gasteiger partial charge is 0.333 e. The highest BCUT2D eigenvalue weighted by Gasteiger charge is 2.50. The van der Waals surface area contributed by atoms with Crippen LogP contribution in [-0.4, -0.2) is 22.3 Å². The van der Waals surface area contributed by atoms with E-state index in [1.165, 1.54) is 0 Å². The fraction of sp³-hybridized carbons (Fsp3) is 0.824. The summed E-state index contributed by atoms with van der Waals surface area (Å²) in [6.45, 7) is 11.3. The van der Waals surface area contributed by atoms with Crippen LogP contribution in [0.4, 0.5) is 0 Å². The minimum Gasteiger partial charge on any atom is -0.456 e. The maximum atomic E-state index is 11.8. The van der Waals surface area contributed by atoms with Crippen LogP contribution in [-0.2, 0) is 9.53 Å². The highest BCUT2D eigenvalue weighted by molar-refractivity contribution is 5.87. The van der Waals surface area contributed by atoms with E-state index in [4.69, 9.17) is 4.74 Å². The lowest BCUT2D eigenvalue weighted by Gasteiger charge is -2.50. The minimum absolute atomic E-state index is 0.309. The highest BCUT2D eigenvalue weighted by Crippen LogP contribution is 2.50. The van der Waals surface area contributed by atoms with Crippen LogP contribution in [0.3, 0.4) is 0 Å². The molecule has 0 aromatic carbocycles. The van der Waals surface area contributed by atoms with E-state index in [9.17, 15) is 9.90 Å². The molecule has 0 heterocycles. The molecule has 3 unspecified atom stereocenters. The topological polar surface area (TPSA) is 46.5 Å². The first-order valence-electron chi connectivity index (χ1n) is 7.99. The van der Waals surface area contributed by atoms with Gasteiger partial charge >= 0.3 is 5.97 Å². The van der Waals surface area contributed by atoms with Gasteiger partial charge < -0.3 is 9.84 Å². The van der Waals surface area contributed by atoms with Crippen molar-refractivity contribution in [3.05, 3.63) is 12.2 Å². The molecule has 20 heavy (non-hydrogen) atoms. The third-order valence-electron chi connectivity index (χ3n) is 4.54. The summed E-state index contributed by atoms with van der Waals surface area (Å²) in [7, 11) is 0. The molecule has 2 rings (SSSR count). The van der Waals surface area contributed by atoms with Gasteiger partial charge in [-0.3, -0.25) is 0 Å². The molecule has 116 valence electrons. The van der Waals surface area contributed by atoms with Gasteiger partial charge in [-0.25, -0.2) is 4.79 Å². The molecule has 3 atom stereocenters. The van der Waals surface area contributed by atoms with Gasteiger partial charge in [-0.05, 0) is 44.9 Å². The van der Waals surface area contributed by atoms with Crippen LogP contribution in [0.25, 0.3) is 0 Å². The van der Waals surface area contributed by atoms with E-state index in [2.05, 4.69) is 6.58 Å². The van der Waals surface area contributed by atoms with Crippen LogP contribution in [0.5, 0.6) is 0 Å². The standard InChI is InChI=1S/C15H24O3.C2H6/c1-4-14(17)8-12-6-5-7-15(9-12,10-14)18-13(16)11(2)3;1-2/h12,17H,2,4-10H2,1,3H3;1-2H3. The van der Waals surface area contributed by atoms with Gasteiger partial charge in [0.2, 0.25) is 0 Å². The Hall–Kier alpha value is -0.830. The summed E-state index contributed by atoms with van der Waals surface area (Å²) in [6, 6.07) is 0. The second kappa shape index (κ2) is 6.75. The van der Waals surface area contributed by atoms with E-state index in [-0.39, 0.29) is 5.97 Å². The van der Waals surface area contributed by atoms with Crippen molar-refractivity contribution in [3.63, 3.8) is 0 Å². The molecule has 2 saturated carbocycles. The largest absolute Gasteiger partial charge is 0.456 e. The molecule has 0 saturated heterocycles. The molecule has 0 amide bonds. The lowest BCUT2D eigenvalue weighted by molar-refractivity contribution is -0.184. The number of hydrogen-bond donors (Lipinski definition) is 1. The molecular formula is C17H30O3. The summed E-state index contributed by atoms with van der Waals surface area (Å²) < 4.78 is 5.71. The minimum atomic E-state index is -0.654. The van der Waals surface area contributed by atoms with Gasteiger partial charge in [-0.1, -0.05) is 33.8 Å². The summed E-state index contributed by atoms with van der Waals surface area (Å²) in [6.07, 6.45) is 6.21. The molecule has 0 spiro atoms. The van der Waals surface area contributed by atoms with E-state index in [0.717, 1.165) is 38.5 Å². The number of aliphatic hydroxyl groups is 1. The zero-order valence-corrected chi connectivity index (χ0v) is 13.5. The van der Waals surface area contributed by atoms with Crippen molar-refractivity contribution in [3.8, 4) is 0 Å². The van der Waals surface area contributed by atoms with E-state index in [1.54, 1.807) is 6.92 Å². The normalized spacial score (nSPS) is 35.5. The molecule has 0 aromatic heterocycles. The Morgan fingerprint density at radius 2 is 2.05 bits per heavy atom. The summed E-state index contributed by atoms with van der Waals surface area (Å²) in [5.74, 6) is 0.186. The first-order chi connectivity index (χ1) is 9.38. The predicted octanol–water partition coefficient (Wildman–Crippen LogP) is 4.00. The summed E-state index contributed by atoms with van der Waals surface area (Å²) in [4.78, 5) is 11.8. The van der Waals surface area contributed by atoms with Gasteiger partial charge in [0, 0.05) is 12.0 Å². The number of carbonyl (C=O) groups is 1. The number of fused-ring (bicyclic) bond motifs is 2. The molecule has 2 aliphatic carbocycles. The van der Waals surface area contributed by atoms with Gasteiger partial charge in [-0.15, -0.1) is 0 Å². The fourth-order valence-corrected chi connectivity index (χ4v) is 3.67. The van der Waals surface area contributed by atoms with E-state index in [1.807, 2.05) is 20.8 Å². The summed E-state index contributed by atoms with van der Waals surface area (Å²) >= 11 is 0. The summed E-state index contributed by atoms with van der Waals surface area (Å²) in [5, 5.41) is 10.6. The summed E-state index contributed by atoms with van der Waals surface area (Å²) in [5.41, 5.74) is -0.655. The number of ether oxygens (including phenoxy) is 1. The van der Waals surface area contributed by atoms with Crippen molar-refractivity contribution in [1.82, 2.24) is 0 Å². The molecule has 0 aliphatic heterocycles. The van der Waals surface area contributed by atoms with Crippen molar-refractivity contribution >= 4 is 5.97 Å². The Bertz CT molecular complexity index is 363. The lowest BCUT2D eigenvalue weighted by Crippen LogP contribution is -2.53. The van der Waals surface area contributed by atoms with Gasteiger partial charge in [0.15, 0.2) is 0 Å². The average molecular weight is 282 g/mol. The van der Waals surface area contributed by atoms with Crippen LogP contribution in [0.1, 0.15) is 72.6 Å². The lowest BCUT2D eigenvalue weighted by atomic mass is 9.62. The van der Waals surface area contributed by atoms with Crippen molar-refractivity contribution in [2.75, 3.05) is 0 Å². The third-order valence-corrected chi connectivity index (χ3v) is 4.54. The maximum absolute atomic E-state index is 11.8. The molecule has 3 heteroatoms. The Balaban J connectivity index is 0.000000956. The quantitative estimate of drug-likeness (QED) is 0.628. The van der Waals surface area contributed by atoms with Crippen molar-refractivity contribution in [2.45, 2.75) is 83.8 Å². The molecule has 2 bridgehead atoms. The molecule has 1 N–H and O–H groups in total. The average Bonchev–Trinajstić information content (AvgIpc) is 2.40. The molecule has 3 nitrogen and oxygen atoms in total. The zero-order chi connectivity index (χ0) is 15.4. The van der Waals surface area contributed by atoms with Crippen LogP contribution in [0, 0.1) is 5.92 Å². The van der Waals surface area contributed by atoms with E-state index >= 15 is 0 Å². The monoisotopic (exact) mass is 282 g/mol. The van der Waals surface area contributed by atoms with Gasteiger partial charge in [0.25, 0.3) is 0 Å². The number of rotatable bonds is 3. The van der Waals surface area contributed by atoms with Gasteiger partial charge in [0.05, 0.1) is 5.60 Å². The van der Waals surface area contributed by atoms with Crippen LogP contribution in [0.2, 0.25) is 0 Å². The highest BCUT2D eigenvalue weighted by atomic mass is 16.6. The predicted molar refractivity (Wildman–Crippen MR) is 81.4 cm³/mol. The Kier molecular flexibility index (Phi) is 5.81. The Labute approximate surface area is 123 Å². The second-order valence-corrected chi connectivity index (χ2v) is 6.27. The Morgan fingerprint density at radius 1 is 1.40 bits per heavy atom. The maximum Gasteiger partial charge on any atom is 0.333 e. The van der Waals surface area contributed by atoms with Crippen molar-refractivity contribution < 1.29 is 14.6 Å².